The molecular weight excluding hydrogens is 344 g/mol. The van der Waals surface area contributed by atoms with Crippen LogP contribution in [0.5, 0.6) is 0 Å². The van der Waals surface area contributed by atoms with Gasteiger partial charge < -0.3 is 15.2 Å². The Balaban J connectivity index is 2.88. The molecule has 0 aliphatic heterocycles. The summed E-state index contributed by atoms with van der Waals surface area (Å²) in [6, 6.07) is 6.05. The lowest BCUT2D eigenvalue weighted by Gasteiger charge is -2.31. The molecule has 0 spiro atoms. The van der Waals surface area contributed by atoms with Crippen molar-refractivity contribution in [3.05, 3.63) is 33.3 Å². The van der Waals surface area contributed by atoms with E-state index >= 15 is 0 Å². The lowest BCUT2D eigenvalue weighted by Crippen LogP contribution is -2.38. The molecule has 0 heterocycles. The van der Waals surface area contributed by atoms with E-state index in [2.05, 4.69) is 20.8 Å². The van der Waals surface area contributed by atoms with Gasteiger partial charge in [-0.25, -0.2) is 0 Å². The first-order valence-electron chi connectivity index (χ1n) is 6.51. The Bertz CT molecular complexity index is 399. The van der Waals surface area contributed by atoms with Crippen LogP contribution in [0.1, 0.15) is 11.6 Å². The molecule has 1 rings (SSSR count). The van der Waals surface area contributed by atoms with E-state index in [-0.39, 0.29) is 6.04 Å². The summed E-state index contributed by atoms with van der Waals surface area (Å²) in [4.78, 5) is 2.26. The maximum atomic E-state index is 6.17. The van der Waals surface area contributed by atoms with Crippen molar-refractivity contribution in [3.63, 3.8) is 0 Å². The molecule has 0 aliphatic carbocycles. The molecule has 0 aliphatic rings. The molecule has 1 unspecified atom stereocenters. The number of halogens is 2. The molecule has 0 saturated heterocycles. The normalized spacial score (nSPS) is 12.9. The highest BCUT2D eigenvalue weighted by Gasteiger charge is 2.19. The Labute approximate surface area is 134 Å². The smallest absolute Gasteiger partial charge is 0.0589 e. The summed E-state index contributed by atoms with van der Waals surface area (Å²) in [6.45, 7) is 3.44. The third-order valence-electron chi connectivity index (χ3n) is 3.16. The Morgan fingerprint density at radius 1 is 1.25 bits per heavy atom. The Hall–Kier alpha value is -0.170. The molecule has 0 radical (unpaired) electrons. The van der Waals surface area contributed by atoms with E-state index in [1.165, 1.54) is 0 Å². The highest BCUT2D eigenvalue weighted by Crippen LogP contribution is 2.28. The van der Waals surface area contributed by atoms with Crippen molar-refractivity contribution in [1.82, 2.24) is 4.90 Å². The number of benzene rings is 1. The van der Waals surface area contributed by atoms with Crippen LogP contribution in [0.2, 0.25) is 5.02 Å². The van der Waals surface area contributed by atoms with Crippen LogP contribution in [-0.2, 0) is 9.47 Å². The Kier molecular flexibility index (Phi) is 8.68. The first-order chi connectivity index (χ1) is 9.63. The zero-order chi connectivity index (χ0) is 15.0. The monoisotopic (exact) mass is 364 g/mol. The van der Waals surface area contributed by atoms with Gasteiger partial charge in [-0.2, -0.15) is 0 Å². The molecular formula is C14H22BrClN2O2. The van der Waals surface area contributed by atoms with Crippen molar-refractivity contribution in [2.24, 2.45) is 5.73 Å². The molecule has 0 fully saturated rings. The summed E-state index contributed by atoms with van der Waals surface area (Å²) in [7, 11) is 3.39. The minimum Gasteiger partial charge on any atom is -0.383 e. The molecule has 20 heavy (non-hydrogen) atoms. The molecule has 6 heteroatoms. The SMILES string of the molecule is COCCN(CCOC)C(CN)c1ccc(Br)c(Cl)c1. The second kappa shape index (κ2) is 9.71. The maximum absolute atomic E-state index is 6.17. The summed E-state index contributed by atoms with van der Waals surface area (Å²) >= 11 is 9.58. The second-order valence-electron chi connectivity index (χ2n) is 4.45. The van der Waals surface area contributed by atoms with Gasteiger partial charge in [0.25, 0.3) is 0 Å². The van der Waals surface area contributed by atoms with Gasteiger partial charge in [0, 0.05) is 44.4 Å². The predicted octanol–water partition coefficient (Wildman–Crippen LogP) is 2.70. The standard InChI is InChI=1S/C14H22BrClN2O2/c1-19-7-5-18(6-8-20-2)14(10-17)11-3-4-12(15)13(16)9-11/h3-4,9,14H,5-8,10,17H2,1-2H3. The van der Waals surface area contributed by atoms with E-state index in [1.54, 1.807) is 14.2 Å². The van der Waals surface area contributed by atoms with Crippen LogP contribution >= 0.6 is 27.5 Å². The molecule has 2 N–H and O–H groups in total. The second-order valence-corrected chi connectivity index (χ2v) is 5.71. The molecule has 0 bridgehead atoms. The van der Waals surface area contributed by atoms with Crippen molar-refractivity contribution < 1.29 is 9.47 Å². The van der Waals surface area contributed by atoms with Crippen LogP contribution in [0.25, 0.3) is 0 Å². The first-order valence-corrected chi connectivity index (χ1v) is 7.68. The zero-order valence-electron chi connectivity index (χ0n) is 11.9. The minimum absolute atomic E-state index is 0.103. The van der Waals surface area contributed by atoms with E-state index in [1.807, 2.05) is 18.2 Å². The topological polar surface area (TPSA) is 47.7 Å². The van der Waals surface area contributed by atoms with E-state index in [0.717, 1.165) is 23.1 Å². The van der Waals surface area contributed by atoms with Crippen molar-refractivity contribution in [2.75, 3.05) is 47.1 Å². The van der Waals surface area contributed by atoms with Gasteiger partial charge in [0.1, 0.15) is 0 Å². The minimum atomic E-state index is 0.103. The number of nitrogens with two attached hydrogens (primary N) is 1. The quantitative estimate of drug-likeness (QED) is 0.731. The fraction of sp³-hybridized carbons (Fsp3) is 0.571. The lowest BCUT2D eigenvalue weighted by atomic mass is 10.1. The average molecular weight is 366 g/mol. The number of hydrogen-bond acceptors (Lipinski definition) is 4. The van der Waals surface area contributed by atoms with Crippen LogP contribution in [0.3, 0.4) is 0 Å². The molecule has 0 aromatic heterocycles. The van der Waals surface area contributed by atoms with Gasteiger partial charge in [0.05, 0.1) is 18.2 Å². The average Bonchev–Trinajstić information content (AvgIpc) is 2.45. The Morgan fingerprint density at radius 3 is 2.30 bits per heavy atom. The van der Waals surface area contributed by atoms with Crippen LogP contribution < -0.4 is 5.73 Å². The largest absolute Gasteiger partial charge is 0.383 e. The summed E-state index contributed by atoms with van der Waals surface area (Å²) < 4.78 is 11.2. The highest BCUT2D eigenvalue weighted by atomic mass is 79.9. The van der Waals surface area contributed by atoms with Crippen LogP contribution in [0.4, 0.5) is 0 Å². The van der Waals surface area contributed by atoms with E-state index in [9.17, 15) is 0 Å². The van der Waals surface area contributed by atoms with Crippen molar-refractivity contribution in [2.45, 2.75) is 6.04 Å². The number of rotatable bonds is 9. The van der Waals surface area contributed by atoms with Gasteiger partial charge in [-0.3, -0.25) is 4.90 Å². The molecule has 0 amide bonds. The van der Waals surface area contributed by atoms with Crippen LogP contribution in [0, 0.1) is 0 Å². The van der Waals surface area contributed by atoms with Crippen LogP contribution in [0.15, 0.2) is 22.7 Å². The van der Waals surface area contributed by atoms with E-state index in [4.69, 9.17) is 26.8 Å². The van der Waals surface area contributed by atoms with Crippen molar-refractivity contribution in [1.29, 1.82) is 0 Å². The van der Waals surface area contributed by atoms with Crippen molar-refractivity contribution in [3.8, 4) is 0 Å². The van der Waals surface area contributed by atoms with E-state index in [0.29, 0.717) is 24.8 Å². The maximum Gasteiger partial charge on any atom is 0.0589 e. The first kappa shape index (κ1) is 17.9. The molecule has 1 aromatic rings. The fourth-order valence-electron chi connectivity index (χ4n) is 2.06. The molecule has 0 saturated carbocycles. The van der Waals surface area contributed by atoms with Gasteiger partial charge in [-0.1, -0.05) is 17.7 Å². The number of ether oxygens (including phenoxy) is 2. The van der Waals surface area contributed by atoms with E-state index < -0.39 is 0 Å². The molecule has 1 aromatic carbocycles. The highest BCUT2D eigenvalue weighted by molar-refractivity contribution is 9.10. The summed E-state index contributed by atoms with van der Waals surface area (Å²) in [5.74, 6) is 0. The molecule has 4 nitrogen and oxygen atoms in total. The third-order valence-corrected chi connectivity index (χ3v) is 4.39. The van der Waals surface area contributed by atoms with Gasteiger partial charge in [-0.05, 0) is 33.6 Å². The number of methoxy groups -OCH3 is 2. The number of hydrogen-bond donors (Lipinski definition) is 1. The Morgan fingerprint density at radius 2 is 1.85 bits per heavy atom. The summed E-state index contributed by atoms with van der Waals surface area (Å²) in [5.41, 5.74) is 7.06. The van der Waals surface area contributed by atoms with Crippen LogP contribution in [-0.4, -0.2) is 52.0 Å². The molecule has 114 valence electrons. The lowest BCUT2D eigenvalue weighted by molar-refractivity contribution is 0.0891. The zero-order valence-corrected chi connectivity index (χ0v) is 14.3. The van der Waals surface area contributed by atoms with Gasteiger partial charge in [-0.15, -0.1) is 0 Å². The summed E-state index contributed by atoms with van der Waals surface area (Å²) in [6.07, 6.45) is 0. The van der Waals surface area contributed by atoms with Gasteiger partial charge in [0.15, 0.2) is 0 Å². The summed E-state index contributed by atoms with van der Waals surface area (Å²) in [5, 5.41) is 0.694. The predicted molar refractivity (Wildman–Crippen MR) is 86.3 cm³/mol. The van der Waals surface area contributed by atoms with Gasteiger partial charge in [0.2, 0.25) is 0 Å². The van der Waals surface area contributed by atoms with Crippen molar-refractivity contribution >= 4 is 27.5 Å². The van der Waals surface area contributed by atoms with Gasteiger partial charge >= 0.3 is 0 Å². The number of nitrogens with zero attached hydrogens (tertiary/aromatic N) is 1. The molecule has 1 atom stereocenters. The third kappa shape index (κ3) is 5.31. The fourth-order valence-corrected chi connectivity index (χ4v) is 2.49.